The van der Waals surface area contributed by atoms with E-state index in [1.165, 1.54) is 12.8 Å². The third kappa shape index (κ3) is 2.89. The lowest BCUT2D eigenvalue weighted by Crippen LogP contribution is -2.16. The number of aromatic nitrogens is 2. The predicted molar refractivity (Wildman–Crippen MR) is 97.5 cm³/mol. The Morgan fingerprint density at radius 2 is 1.83 bits per heavy atom. The molecule has 122 valence electrons. The molecule has 5 heteroatoms. The van der Waals surface area contributed by atoms with Crippen molar-refractivity contribution in [3.05, 3.63) is 47.5 Å². The average molecular weight is 340 g/mol. The lowest BCUT2D eigenvalue weighted by molar-refractivity contribution is 0.477. The molecule has 0 spiro atoms. The number of halogens is 1. The molecule has 0 aliphatic heterocycles. The maximum absolute atomic E-state index is 10.1. The second kappa shape index (κ2) is 6.29. The van der Waals surface area contributed by atoms with Crippen LogP contribution in [0.5, 0.6) is 5.75 Å². The Kier molecular flexibility index (Phi) is 3.98. The summed E-state index contributed by atoms with van der Waals surface area (Å²) in [6.07, 6.45) is 4.81. The minimum absolute atomic E-state index is 0.172. The summed E-state index contributed by atoms with van der Waals surface area (Å²) < 4.78 is 0. The minimum Gasteiger partial charge on any atom is -0.507 e. The second-order valence-electron chi connectivity index (χ2n) is 6.20. The van der Waals surface area contributed by atoms with Crippen LogP contribution in [0.4, 0.5) is 5.82 Å². The van der Waals surface area contributed by atoms with E-state index in [1.807, 2.05) is 30.3 Å². The summed E-state index contributed by atoms with van der Waals surface area (Å²) in [6.45, 7) is 0. The maximum atomic E-state index is 10.1. The minimum atomic E-state index is 0.172. The van der Waals surface area contributed by atoms with Crippen molar-refractivity contribution < 1.29 is 5.11 Å². The van der Waals surface area contributed by atoms with Gasteiger partial charge in [0.1, 0.15) is 11.6 Å². The van der Waals surface area contributed by atoms with Crippen LogP contribution in [0, 0.1) is 0 Å². The van der Waals surface area contributed by atoms with Crippen molar-refractivity contribution in [2.45, 2.75) is 31.7 Å². The molecule has 4 nitrogen and oxygen atoms in total. The lowest BCUT2D eigenvalue weighted by atomic mass is 10.1. The van der Waals surface area contributed by atoms with E-state index in [2.05, 4.69) is 10.3 Å². The summed E-state index contributed by atoms with van der Waals surface area (Å²) >= 11 is 6.14. The van der Waals surface area contributed by atoms with Gasteiger partial charge in [0.15, 0.2) is 5.82 Å². The summed E-state index contributed by atoms with van der Waals surface area (Å²) in [5.41, 5.74) is 1.39. The van der Waals surface area contributed by atoms with Gasteiger partial charge in [0.25, 0.3) is 0 Å². The van der Waals surface area contributed by atoms with Crippen LogP contribution in [0.1, 0.15) is 25.7 Å². The number of hydrogen-bond donors (Lipinski definition) is 2. The van der Waals surface area contributed by atoms with Gasteiger partial charge in [0.05, 0.1) is 11.1 Å². The molecule has 0 radical (unpaired) electrons. The summed E-state index contributed by atoms with van der Waals surface area (Å²) in [4.78, 5) is 9.31. The Morgan fingerprint density at radius 1 is 1.04 bits per heavy atom. The standard InChI is InChI=1S/C19H18ClN3O/c20-12-9-10-14-16(11-12)22-19(15-7-3-4-8-17(15)24)23-18(14)21-13-5-1-2-6-13/h3-4,7-11,13,24H,1-2,5-6H2,(H,21,22,23). The molecule has 0 saturated heterocycles. The van der Waals surface area contributed by atoms with E-state index < -0.39 is 0 Å². The van der Waals surface area contributed by atoms with Gasteiger partial charge < -0.3 is 10.4 Å². The van der Waals surface area contributed by atoms with Gasteiger partial charge in [-0.15, -0.1) is 0 Å². The monoisotopic (exact) mass is 339 g/mol. The van der Waals surface area contributed by atoms with Gasteiger partial charge >= 0.3 is 0 Å². The molecule has 24 heavy (non-hydrogen) atoms. The van der Waals surface area contributed by atoms with Crippen LogP contribution in [0.3, 0.4) is 0 Å². The van der Waals surface area contributed by atoms with Crippen molar-refractivity contribution in [3.8, 4) is 17.1 Å². The molecule has 1 saturated carbocycles. The predicted octanol–water partition coefficient (Wildman–Crippen LogP) is 5.01. The molecular formula is C19H18ClN3O. The summed E-state index contributed by atoms with van der Waals surface area (Å²) in [7, 11) is 0. The Labute approximate surface area is 145 Å². The van der Waals surface area contributed by atoms with E-state index in [0.717, 1.165) is 29.6 Å². The van der Waals surface area contributed by atoms with E-state index in [1.54, 1.807) is 12.1 Å². The number of rotatable bonds is 3. The third-order valence-electron chi connectivity index (χ3n) is 4.50. The highest BCUT2D eigenvalue weighted by atomic mass is 35.5. The maximum Gasteiger partial charge on any atom is 0.165 e. The fourth-order valence-electron chi connectivity index (χ4n) is 3.26. The normalized spacial score (nSPS) is 15.0. The molecule has 0 amide bonds. The fourth-order valence-corrected chi connectivity index (χ4v) is 3.43. The van der Waals surface area contributed by atoms with Gasteiger partial charge in [-0.3, -0.25) is 0 Å². The van der Waals surface area contributed by atoms with Crippen molar-refractivity contribution in [3.63, 3.8) is 0 Å². The second-order valence-corrected chi connectivity index (χ2v) is 6.64. The zero-order valence-corrected chi connectivity index (χ0v) is 13.9. The molecule has 1 aromatic heterocycles. The third-order valence-corrected chi connectivity index (χ3v) is 4.74. The highest BCUT2D eigenvalue weighted by Crippen LogP contribution is 2.32. The Bertz CT molecular complexity index is 891. The number of anilines is 1. The molecule has 1 aliphatic rings. The SMILES string of the molecule is Oc1ccccc1-c1nc(NC2CCCC2)c2ccc(Cl)cc2n1. The van der Waals surface area contributed by atoms with Gasteiger partial charge in [-0.2, -0.15) is 0 Å². The fraction of sp³-hybridized carbons (Fsp3) is 0.263. The van der Waals surface area contributed by atoms with Crippen molar-refractivity contribution in [2.75, 3.05) is 5.32 Å². The van der Waals surface area contributed by atoms with E-state index in [4.69, 9.17) is 16.6 Å². The Morgan fingerprint density at radius 3 is 2.62 bits per heavy atom. The number of fused-ring (bicyclic) bond motifs is 1. The average Bonchev–Trinajstić information content (AvgIpc) is 3.08. The quantitative estimate of drug-likeness (QED) is 0.704. The van der Waals surface area contributed by atoms with Crippen molar-refractivity contribution in [1.82, 2.24) is 9.97 Å². The topological polar surface area (TPSA) is 58.0 Å². The first-order valence-electron chi connectivity index (χ1n) is 8.23. The van der Waals surface area contributed by atoms with E-state index >= 15 is 0 Å². The molecule has 4 rings (SSSR count). The summed E-state index contributed by atoms with van der Waals surface area (Å²) in [5.74, 6) is 1.48. The van der Waals surface area contributed by atoms with Gasteiger partial charge in [0, 0.05) is 16.5 Å². The van der Waals surface area contributed by atoms with Crippen LogP contribution in [0.25, 0.3) is 22.3 Å². The largest absolute Gasteiger partial charge is 0.507 e. The zero-order valence-electron chi connectivity index (χ0n) is 13.2. The van der Waals surface area contributed by atoms with Crippen molar-refractivity contribution >= 4 is 28.3 Å². The van der Waals surface area contributed by atoms with E-state index in [9.17, 15) is 5.11 Å². The lowest BCUT2D eigenvalue weighted by Gasteiger charge is -2.16. The number of para-hydroxylation sites is 1. The molecule has 2 N–H and O–H groups in total. The molecule has 1 fully saturated rings. The first-order chi connectivity index (χ1) is 11.7. The highest BCUT2D eigenvalue weighted by Gasteiger charge is 2.18. The van der Waals surface area contributed by atoms with Gasteiger partial charge in [-0.05, 0) is 43.2 Å². The summed E-state index contributed by atoms with van der Waals surface area (Å²) in [6, 6.07) is 13.2. The number of benzene rings is 2. The van der Waals surface area contributed by atoms with Crippen LogP contribution >= 0.6 is 11.6 Å². The zero-order chi connectivity index (χ0) is 16.5. The van der Waals surface area contributed by atoms with Crippen LogP contribution < -0.4 is 5.32 Å². The first-order valence-corrected chi connectivity index (χ1v) is 8.61. The van der Waals surface area contributed by atoms with E-state index in [-0.39, 0.29) is 5.75 Å². The van der Waals surface area contributed by atoms with E-state index in [0.29, 0.717) is 22.5 Å². The van der Waals surface area contributed by atoms with Crippen LogP contribution in [-0.4, -0.2) is 21.1 Å². The number of nitrogens with zero attached hydrogens (tertiary/aromatic N) is 2. The molecule has 1 aliphatic carbocycles. The molecular weight excluding hydrogens is 322 g/mol. The van der Waals surface area contributed by atoms with Gasteiger partial charge in [-0.1, -0.05) is 36.6 Å². The smallest absolute Gasteiger partial charge is 0.165 e. The van der Waals surface area contributed by atoms with Gasteiger partial charge in [-0.25, -0.2) is 9.97 Å². The summed E-state index contributed by atoms with van der Waals surface area (Å²) in [5, 5.41) is 15.3. The Hall–Kier alpha value is -2.33. The molecule has 3 aromatic rings. The number of phenolic OH excluding ortho intramolecular Hbond substituents is 1. The van der Waals surface area contributed by atoms with Crippen molar-refractivity contribution in [1.29, 1.82) is 0 Å². The van der Waals surface area contributed by atoms with Crippen LogP contribution in [0.2, 0.25) is 5.02 Å². The number of aromatic hydroxyl groups is 1. The molecule has 0 unspecified atom stereocenters. The first kappa shape index (κ1) is 15.2. The number of hydrogen-bond acceptors (Lipinski definition) is 4. The molecule has 1 heterocycles. The molecule has 0 atom stereocenters. The van der Waals surface area contributed by atoms with Crippen molar-refractivity contribution in [2.24, 2.45) is 0 Å². The number of nitrogens with one attached hydrogen (secondary N) is 1. The highest BCUT2D eigenvalue weighted by molar-refractivity contribution is 6.31. The molecule has 0 bridgehead atoms. The van der Waals surface area contributed by atoms with Crippen LogP contribution in [-0.2, 0) is 0 Å². The van der Waals surface area contributed by atoms with Gasteiger partial charge in [0.2, 0.25) is 0 Å². The molecule has 2 aromatic carbocycles. The Balaban J connectivity index is 1.87. The van der Waals surface area contributed by atoms with Crippen LogP contribution in [0.15, 0.2) is 42.5 Å². The number of phenols is 1.